The van der Waals surface area contributed by atoms with Crippen LogP contribution in [0.25, 0.3) is 10.9 Å². The molecule has 1 fully saturated rings. The van der Waals surface area contributed by atoms with Gasteiger partial charge in [0.2, 0.25) is 5.43 Å². The van der Waals surface area contributed by atoms with Crippen LogP contribution in [0.3, 0.4) is 0 Å². The first-order chi connectivity index (χ1) is 10.1. The Balaban J connectivity index is 2.14. The zero-order valence-electron chi connectivity index (χ0n) is 11.4. The molecule has 0 unspecified atom stereocenters. The number of hydrogen-bond acceptors (Lipinski definition) is 3. The first-order valence-corrected chi connectivity index (χ1v) is 6.91. The van der Waals surface area contributed by atoms with E-state index in [0.717, 1.165) is 44.6 Å². The van der Waals surface area contributed by atoms with E-state index in [1.165, 1.54) is 0 Å². The summed E-state index contributed by atoms with van der Waals surface area (Å²) in [5, 5.41) is 8.99. The predicted molar refractivity (Wildman–Crippen MR) is 77.6 cm³/mol. The van der Waals surface area contributed by atoms with Gasteiger partial charge in [0.05, 0.1) is 11.2 Å². The number of nitrogens with zero attached hydrogens (tertiary/aromatic N) is 1. The van der Waals surface area contributed by atoms with Crippen molar-refractivity contribution in [3.8, 4) is 0 Å². The second-order valence-electron chi connectivity index (χ2n) is 5.23. The molecular weight excluding hydrogens is 275 g/mol. The third kappa shape index (κ3) is 2.37. The molecule has 21 heavy (non-hydrogen) atoms. The van der Waals surface area contributed by atoms with E-state index in [2.05, 4.69) is 4.98 Å². The number of rotatable bonds is 2. The number of halogens is 1. The number of aromatic amines is 1. The summed E-state index contributed by atoms with van der Waals surface area (Å²) >= 11 is 0. The molecular formula is C15H15FN2O3. The Morgan fingerprint density at radius 3 is 2.62 bits per heavy atom. The highest BCUT2D eigenvalue weighted by Crippen LogP contribution is 2.26. The highest BCUT2D eigenvalue weighted by Gasteiger charge is 2.18. The van der Waals surface area contributed by atoms with Gasteiger partial charge >= 0.3 is 5.97 Å². The first-order valence-electron chi connectivity index (χ1n) is 6.91. The van der Waals surface area contributed by atoms with E-state index >= 15 is 0 Å². The molecule has 0 atom stereocenters. The number of carboxylic acids is 1. The van der Waals surface area contributed by atoms with E-state index < -0.39 is 17.2 Å². The fourth-order valence-electron chi connectivity index (χ4n) is 2.77. The molecule has 3 rings (SSSR count). The molecule has 2 heterocycles. The van der Waals surface area contributed by atoms with Crippen LogP contribution in [0.2, 0.25) is 0 Å². The Morgan fingerprint density at radius 2 is 1.95 bits per heavy atom. The van der Waals surface area contributed by atoms with Gasteiger partial charge in [0.1, 0.15) is 11.4 Å². The summed E-state index contributed by atoms with van der Waals surface area (Å²) in [5.74, 6) is -1.81. The number of carbonyl (C=O) groups is 1. The van der Waals surface area contributed by atoms with Crippen molar-refractivity contribution in [1.29, 1.82) is 0 Å². The molecule has 0 amide bonds. The molecule has 6 heteroatoms. The van der Waals surface area contributed by atoms with Crippen molar-refractivity contribution in [3.63, 3.8) is 0 Å². The maximum atomic E-state index is 14.3. The van der Waals surface area contributed by atoms with Gasteiger partial charge in [-0.3, -0.25) is 4.79 Å². The highest BCUT2D eigenvalue weighted by atomic mass is 19.1. The van der Waals surface area contributed by atoms with Crippen molar-refractivity contribution in [2.45, 2.75) is 19.3 Å². The van der Waals surface area contributed by atoms with Gasteiger partial charge in [-0.2, -0.15) is 0 Å². The second kappa shape index (κ2) is 5.20. The Kier molecular flexibility index (Phi) is 3.37. The van der Waals surface area contributed by atoms with Crippen LogP contribution in [0.4, 0.5) is 10.1 Å². The highest BCUT2D eigenvalue weighted by molar-refractivity contribution is 5.93. The Hall–Kier alpha value is -2.37. The number of carboxylic acid groups (broad SMARTS) is 1. The fraction of sp³-hybridized carbons (Fsp3) is 0.333. The zero-order chi connectivity index (χ0) is 15.0. The molecule has 110 valence electrons. The molecule has 1 aromatic heterocycles. The number of benzene rings is 1. The van der Waals surface area contributed by atoms with Crippen LogP contribution >= 0.6 is 0 Å². The molecule has 2 aromatic rings. The van der Waals surface area contributed by atoms with Crippen molar-refractivity contribution < 1.29 is 14.3 Å². The molecule has 0 spiro atoms. The molecule has 1 aliphatic heterocycles. The molecule has 5 nitrogen and oxygen atoms in total. The van der Waals surface area contributed by atoms with Gasteiger partial charge in [-0.25, -0.2) is 9.18 Å². The third-order valence-electron chi connectivity index (χ3n) is 3.88. The first kappa shape index (κ1) is 13.6. The molecule has 2 N–H and O–H groups in total. The minimum Gasteiger partial charge on any atom is -0.477 e. The summed E-state index contributed by atoms with van der Waals surface area (Å²) in [5.41, 5.74) is -0.138. The van der Waals surface area contributed by atoms with E-state index in [4.69, 9.17) is 5.11 Å². The number of nitrogens with one attached hydrogen (secondary N) is 1. The van der Waals surface area contributed by atoms with E-state index in [1.807, 2.05) is 4.90 Å². The number of pyridine rings is 1. The molecule has 1 aromatic carbocycles. The van der Waals surface area contributed by atoms with Crippen molar-refractivity contribution in [2.24, 2.45) is 0 Å². The van der Waals surface area contributed by atoms with Gasteiger partial charge in [0, 0.05) is 24.7 Å². The van der Waals surface area contributed by atoms with E-state index in [1.54, 1.807) is 6.07 Å². The maximum absolute atomic E-state index is 14.3. The van der Waals surface area contributed by atoms with Crippen molar-refractivity contribution in [1.82, 2.24) is 4.98 Å². The van der Waals surface area contributed by atoms with Crippen LogP contribution in [0.15, 0.2) is 23.1 Å². The number of hydrogen-bond donors (Lipinski definition) is 2. The molecule has 0 radical (unpaired) electrons. The van der Waals surface area contributed by atoms with Gasteiger partial charge in [-0.15, -0.1) is 0 Å². The van der Waals surface area contributed by atoms with Gasteiger partial charge in [0.15, 0.2) is 0 Å². The molecule has 1 saturated heterocycles. The van der Waals surface area contributed by atoms with Gasteiger partial charge in [-0.05, 0) is 31.4 Å². The average Bonchev–Trinajstić information content (AvgIpc) is 2.48. The maximum Gasteiger partial charge on any atom is 0.341 e. The van der Waals surface area contributed by atoms with Gasteiger partial charge in [-0.1, -0.05) is 0 Å². The lowest BCUT2D eigenvalue weighted by atomic mass is 10.1. The number of fused-ring (bicyclic) bond motifs is 1. The van der Waals surface area contributed by atoms with Crippen molar-refractivity contribution >= 4 is 22.6 Å². The zero-order valence-corrected chi connectivity index (χ0v) is 11.4. The smallest absolute Gasteiger partial charge is 0.341 e. The van der Waals surface area contributed by atoms with Crippen LogP contribution < -0.4 is 10.3 Å². The van der Waals surface area contributed by atoms with Crippen LogP contribution in [-0.2, 0) is 0 Å². The summed E-state index contributed by atoms with van der Waals surface area (Å²) in [7, 11) is 0. The summed E-state index contributed by atoms with van der Waals surface area (Å²) in [6.45, 7) is 1.58. The van der Waals surface area contributed by atoms with Gasteiger partial charge in [0.25, 0.3) is 0 Å². The summed E-state index contributed by atoms with van der Waals surface area (Å²) in [6, 6.07) is 2.72. The molecule has 1 aliphatic rings. The van der Waals surface area contributed by atoms with Crippen LogP contribution in [0, 0.1) is 5.82 Å². The topological polar surface area (TPSA) is 73.4 Å². The van der Waals surface area contributed by atoms with E-state index in [9.17, 15) is 14.0 Å². The predicted octanol–water partition coefficient (Wildman–Crippen LogP) is 2.36. The Labute approximate surface area is 120 Å². The van der Waals surface area contributed by atoms with E-state index in [0.29, 0.717) is 11.2 Å². The average molecular weight is 290 g/mol. The Bertz CT molecular complexity index is 763. The minimum absolute atomic E-state index is 0.0631. The molecule has 0 aliphatic carbocycles. The summed E-state index contributed by atoms with van der Waals surface area (Å²) in [6.07, 6.45) is 4.34. The SMILES string of the molecule is O=C(O)c1c[nH]c2cc(N3CCCCC3)c(F)cc2c1=O. The summed E-state index contributed by atoms with van der Waals surface area (Å²) < 4.78 is 14.3. The molecule has 0 bridgehead atoms. The number of aromatic carboxylic acids is 1. The van der Waals surface area contributed by atoms with Crippen LogP contribution in [0.1, 0.15) is 29.6 Å². The lowest BCUT2D eigenvalue weighted by Gasteiger charge is -2.29. The Morgan fingerprint density at radius 1 is 1.24 bits per heavy atom. The lowest BCUT2D eigenvalue weighted by molar-refractivity contribution is 0.0695. The molecule has 0 saturated carbocycles. The lowest BCUT2D eigenvalue weighted by Crippen LogP contribution is -2.30. The third-order valence-corrected chi connectivity index (χ3v) is 3.88. The van der Waals surface area contributed by atoms with E-state index in [-0.39, 0.29) is 10.9 Å². The number of aromatic nitrogens is 1. The summed E-state index contributed by atoms with van der Waals surface area (Å²) in [4.78, 5) is 27.7. The fourth-order valence-corrected chi connectivity index (χ4v) is 2.77. The number of H-pyrrole nitrogens is 1. The van der Waals surface area contributed by atoms with Gasteiger partial charge < -0.3 is 15.0 Å². The number of piperidine rings is 1. The minimum atomic E-state index is -1.32. The monoisotopic (exact) mass is 290 g/mol. The normalized spacial score (nSPS) is 15.4. The van der Waals surface area contributed by atoms with Crippen molar-refractivity contribution in [3.05, 3.63) is 39.9 Å². The van der Waals surface area contributed by atoms with Crippen LogP contribution in [0.5, 0.6) is 0 Å². The quantitative estimate of drug-likeness (QED) is 0.890. The van der Waals surface area contributed by atoms with Crippen molar-refractivity contribution in [2.75, 3.05) is 18.0 Å². The standard InChI is InChI=1S/C15H15FN2O3/c16-11-6-9-12(17-8-10(14(9)19)15(20)21)7-13(11)18-4-2-1-3-5-18/h6-8H,1-5H2,(H,17,19)(H,20,21). The number of anilines is 1. The van der Waals surface area contributed by atoms with Crippen LogP contribution in [-0.4, -0.2) is 29.1 Å². The second-order valence-corrected chi connectivity index (χ2v) is 5.23. The largest absolute Gasteiger partial charge is 0.477 e.